The molecule has 0 aliphatic heterocycles. The summed E-state index contributed by atoms with van der Waals surface area (Å²) in [5, 5.41) is 0.634. The Kier molecular flexibility index (Phi) is 5.72. The van der Waals surface area contributed by atoms with E-state index in [2.05, 4.69) is 75.2 Å². The van der Waals surface area contributed by atoms with E-state index in [1.165, 1.54) is 5.56 Å². The van der Waals surface area contributed by atoms with E-state index >= 15 is 0 Å². The van der Waals surface area contributed by atoms with Crippen LogP contribution in [0, 0.1) is 0 Å². The van der Waals surface area contributed by atoms with Gasteiger partial charge in [-0.2, -0.15) is 0 Å². The van der Waals surface area contributed by atoms with Gasteiger partial charge in [0.1, 0.15) is 8.24 Å². The van der Waals surface area contributed by atoms with Crippen molar-refractivity contribution in [3.8, 4) is 0 Å². The molecular formula is C15H27NOSSi2. The van der Waals surface area contributed by atoms with Crippen LogP contribution < -0.4 is 0 Å². The number of rotatable bonds is 5. The largest absolute Gasteiger partial charge is 0.536 e. The van der Waals surface area contributed by atoms with Crippen LogP contribution in [0.2, 0.25) is 39.3 Å². The predicted octanol–water partition coefficient (Wildman–Crippen LogP) is 4.48. The summed E-state index contributed by atoms with van der Waals surface area (Å²) in [5.41, 5.74) is 2.34. The van der Waals surface area contributed by atoms with Crippen LogP contribution in [0.4, 0.5) is 0 Å². The Hall–Kier alpha value is -0.496. The fourth-order valence-corrected chi connectivity index (χ4v) is 3.81. The predicted molar refractivity (Wildman–Crippen MR) is 97.4 cm³/mol. The first-order valence-electron chi connectivity index (χ1n) is 7.02. The molecule has 0 saturated heterocycles. The molecule has 0 aliphatic carbocycles. The second-order valence-electron chi connectivity index (χ2n) is 7.23. The summed E-state index contributed by atoms with van der Waals surface area (Å²) in [6, 6.07) is 8.48. The summed E-state index contributed by atoms with van der Waals surface area (Å²) in [7, 11) is -0.626. The molecule has 0 N–H and O–H groups in total. The van der Waals surface area contributed by atoms with Crippen LogP contribution in [-0.2, 0) is 11.0 Å². The molecule has 0 atom stereocenters. The van der Waals surface area contributed by atoms with Crippen molar-refractivity contribution in [2.45, 2.75) is 45.8 Å². The van der Waals surface area contributed by atoms with Crippen LogP contribution >= 0.6 is 12.2 Å². The molecule has 0 heterocycles. The Balaban J connectivity index is 2.72. The normalized spacial score (nSPS) is 12.6. The van der Waals surface area contributed by atoms with Crippen LogP contribution in [0.5, 0.6) is 0 Å². The maximum Gasteiger partial charge on any atom is 0.243 e. The first-order chi connectivity index (χ1) is 8.99. The lowest BCUT2D eigenvalue weighted by molar-refractivity contribution is 0.505. The van der Waals surface area contributed by atoms with Crippen molar-refractivity contribution in [3.05, 3.63) is 35.4 Å². The molecule has 0 radical (unpaired) electrons. The molecule has 112 valence electrons. The molecule has 0 unspecified atom stereocenters. The van der Waals surface area contributed by atoms with Crippen LogP contribution in [0.1, 0.15) is 11.1 Å². The van der Waals surface area contributed by atoms with Crippen molar-refractivity contribution in [3.63, 3.8) is 0 Å². The van der Waals surface area contributed by atoms with Gasteiger partial charge in [0.15, 0.2) is 5.05 Å². The minimum Gasteiger partial charge on any atom is -0.536 e. The van der Waals surface area contributed by atoms with E-state index in [0.29, 0.717) is 5.05 Å². The first kappa shape index (κ1) is 17.6. The minimum absolute atomic E-state index is 0.634. The topological polar surface area (TPSA) is 12.5 Å². The average molecular weight is 326 g/mol. The van der Waals surface area contributed by atoms with Gasteiger partial charge in [-0.15, -0.1) is 0 Å². The molecule has 0 aliphatic rings. The van der Waals surface area contributed by atoms with Crippen LogP contribution in [-0.4, -0.2) is 33.2 Å². The van der Waals surface area contributed by atoms with Gasteiger partial charge in [-0.25, -0.2) is 0 Å². The summed E-state index contributed by atoms with van der Waals surface area (Å²) in [4.78, 5) is 0. The smallest absolute Gasteiger partial charge is 0.243 e. The molecule has 0 aromatic heterocycles. The van der Waals surface area contributed by atoms with Crippen molar-refractivity contribution in [2.75, 3.05) is 7.05 Å². The maximum atomic E-state index is 5.87. The molecule has 0 bridgehead atoms. The Morgan fingerprint density at radius 1 is 1.05 bits per heavy atom. The van der Waals surface area contributed by atoms with Crippen molar-refractivity contribution in [2.24, 2.45) is 0 Å². The van der Waals surface area contributed by atoms with Gasteiger partial charge < -0.3 is 8.99 Å². The molecular weight excluding hydrogens is 298 g/mol. The zero-order chi connectivity index (χ0) is 15.6. The fourth-order valence-electron chi connectivity index (χ4n) is 1.59. The molecule has 0 fully saturated rings. The second-order valence-corrected chi connectivity index (χ2v) is 17.1. The van der Waals surface area contributed by atoms with Gasteiger partial charge in [0, 0.05) is 12.1 Å². The summed E-state index contributed by atoms with van der Waals surface area (Å²) in [6.07, 6.45) is 0. The Morgan fingerprint density at radius 3 is 1.95 bits per heavy atom. The van der Waals surface area contributed by atoms with E-state index in [-0.39, 0.29) is 0 Å². The molecule has 0 saturated carbocycles. The van der Waals surface area contributed by atoms with Crippen molar-refractivity contribution in [1.82, 2.24) is 4.57 Å². The monoisotopic (exact) mass is 325 g/mol. The Bertz CT molecular complexity index is 460. The summed E-state index contributed by atoms with van der Waals surface area (Å²) >= 11 is 5.37. The van der Waals surface area contributed by atoms with Gasteiger partial charge in [0.2, 0.25) is 8.32 Å². The number of thiocarbonyl (C=S) groups is 1. The fraction of sp³-hybridized carbons (Fsp3) is 0.533. The lowest BCUT2D eigenvalue weighted by atomic mass is 10.1. The summed E-state index contributed by atoms with van der Waals surface area (Å²) < 4.78 is 8.34. The van der Waals surface area contributed by atoms with E-state index < -0.39 is 16.6 Å². The first-order valence-corrected chi connectivity index (χ1v) is 14.3. The Labute approximate surface area is 131 Å². The van der Waals surface area contributed by atoms with Crippen molar-refractivity contribution in [1.29, 1.82) is 0 Å². The zero-order valence-corrected chi connectivity index (χ0v) is 16.6. The number of nitrogens with zero attached hydrogens (tertiary/aromatic N) is 1. The molecule has 20 heavy (non-hydrogen) atoms. The van der Waals surface area contributed by atoms with Gasteiger partial charge in [0.25, 0.3) is 0 Å². The standard InChI is InChI=1S/C15H27NOSSi2/c1-16(19(2,3)4)12-13-8-10-14(11-9-13)15(18)17-20(5,6)7/h8-11H,12H2,1-7H3. The molecule has 1 rings (SSSR count). The molecule has 0 amide bonds. The van der Waals surface area contributed by atoms with E-state index in [9.17, 15) is 0 Å². The zero-order valence-electron chi connectivity index (χ0n) is 13.8. The number of benzene rings is 1. The molecule has 5 heteroatoms. The number of hydrogen-bond acceptors (Lipinski definition) is 3. The quantitative estimate of drug-likeness (QED) is 0.585. The summed E-state index contributed by atoms with van der Waals surface area (Å²) in [6.45, 7) is 14.5. The third kappa shape index (κ3) is 5.87. The molecule has 0 spiro atoms. The van der Waals surface area contributed by atoms with Gasteiger partial charge in [-0.1, -0.05) is 43.9 Å². The third-order valence-electron chi connectivity index (χ3n) is 3.15. The second kappa shape index (κ2) is 6.51. The van der Waals surface area contributed by atoms with Crippen LogP contribution in [0.3, 0.4) is 0 Å². The lowest BCUT2D eigenvalue weighted by Crippen LogP contribution is -2.42. The minimum atomic E-state index is -1.61. The third-order valence-corrected chi connectivity index (χ3v) is 6.89. The summed E-state index contributed by atoms with van der Waals surface area (Å²) in [5.74, 6) is 0. The Morgan fingerprint density at radius 2 is 1.55 bits per heavy atom. The van der Waals surface area contributed by atoms with Crippen LogP contribution in [0.25, 0.3) is 0 Å². The highest BCUT2D eigenvalue weighted by Gasteiger charge is 2.20. The van der Waals surface area contributed by atoms with Gasteiger partial charge in [-0.3, -0.25) is 0 Å². The van der Waals surface area contributed by atoms with Crippen LogP contribution in [0.15, 0.2) is 24.3 Å². The van der Waals surface area contributed by atoms with Crippen molar-refractivity contribution >= 4 is 33.8 Å². The van der Waals surface area contributed by atoms with Gasteiger partial charge in [-0.05, 0) is 44.5 Å². The average Bonchev–Trinajstić information content (AvgIpc) is 2.26. The number of hydrogen-bond donors (Lipinski definition) is 0. The highest BCUT2D eigenvalue weighted by Crippen LogP contribution is 2.15. The highest BCUT2D eigenvalue weighted by atomic mass is 32.1. The highest BCUT2D eigenvalue weighted by molar-refractivity contribution is 7.80. The molecule has 1 aromatic carbocycles. The van der Waals surface area contributed by atoms with E-state index in [4.69, 9.17) is 16.6 Å². The van der Waals surface area contributed by atoms with E-state index in [1.54, 1.807) is 0 Å². The van der Waals surface area contributed by atoms with Gasteiger partial charge in [0.05, 0.1) is 0 Å². The lowest BCUT2D eigenvalue weighted by Gasteiger charge is -2.30. The van der Waals surface area contributed by atoms with E-state index in [1.807, 2.05) is 0 Å². The molecule has 2 nitrogen and oxygen atoms in total. The van der Waals surface area contributed by atoms with Gasteiger partial charge >= 0.3 is 0 Å². The SMILES string of the molecule is CN(Cc1ccc(C(=S)O[Si](C)(C)C)cc1)[Si](C)(C)C. The van der Waals surface area contributed by atoms with Crippen molar-refractivity contribution < 1.29 is 4.43 Å². The molecule has 1 aromatic rings. The van der Waals surface area contributed by atoms with E-state index in [0.717, 1.165) is 12.1 Å². The maximum absolute atomic E-state index is 5.87.